The summed E-state index contributed by atoms with van der Waals surface area (Å²) in [7, 11) is 0. The summed E-state index contributed by atoms with van der Waals surface area (Å²) in [6.07, 6.45) is 1.69. The maximum Gasteiger partial charge on any atom is 0.279 e. The molecule has 4 heteroatoms. The van der Waals surface area contributed by atoms with E-state index < -0.39 is 0 Å². The zero-order chi connectivity index (χ0) is 20.3. The average Bonchev–Trinajstić information content (AvgIpc) is 2.65. The van der Waals surface area contributed by atoms with Crippen LogP contribution in [0.3, 0.4) is 0 Å². The molecule has 1 fully saturated rings. The monoisotopic (exact) mass is 379 g/mol. The Morgan fingerprint density at radius 2 is 1.50 bits per heavy atom. The normalized spacial score (nSPS) is 19.3. The number of ketones is 1. The number of hydrogen-bond acceptors (Lipinski definition) is 2. The molecule has 0 bridgehead atoms. The van der Waals surface area contributed by atoms with Crippen molar-refractivity contribution in [3.8, 4) is 0 Å². The molecular weight excluding hydrogens is 348 g/mol. The van der Waals surface area contributed by atoms with Crippen LogP contribution in [0.2, 0.25) is 0 Å². The van der Waals surface area contributed by atoms with Crippen molar-refractivity contribution >= 4 is 17.4 Å². The first-order valence-corrected chi connectivity index (χ1v) is 10.2. The van der Waals surface area contributed by atoms with Crippen LogP contribution in [0.1, 0.15) is 45.5 Å². The lowest BCUT2D eigenvalue weighted by atomic mass is 9.88. The van der Waals surface area contributed by atoms with Crippen LogP contribution in [0.4, 0.5) is 5.69 Å². The summed E-state index contributed by atoms with van der Waals surface area (Å²) in [5.41, 5.74) is 6.31. The number of carbonyl (C=O) groups excluding carboxylic acids is 2. The lowest BCUT2D eigenvalue weighted by Crippen LogP contribution is -3.14. The fourth-order valence-corrected chi connectivity index (χ4v) is 4.21. The van der Waals surface area contributed by atoms with E-state index in [0.717, 1.165) is 48.3 Å². The maximum atomic E-state index is 12.7. The standard InChI is InChI=1S/C24H30N2O2/c1-16-5-7-20(8-6-16)24(28)21-9-11-26(12-10-21)15-22(27)25-23-18(3)13-17(2)14-19(23)4/h5-8,13-14,21H,9-12,15H2,1-4H3,(H,25,27)/p+1. The minimum Gasteiger partial charge on any atom is -0.327 e. The zero-order valence-corrected chi connectivity index (χ0v) is 17.4. The lowest BCUT2D eigenvalue weighted by molar-refractivity contribution is -0.897. The second kappa shape index (κ2) is 8.70. The molecule has 28 heavy (non-hydrogen) atoms. The number of anilines is 1. The van der Waals surface area contributed by atoms with Gasteiger partial charge < -0.3 is 10.2 Å². The average molecular weight is 380 g/mol. The molecule has 148 valence electrons. The van der Waals surface area contributed by atoms with Gasteiger partial charge in [-0.3, -0.25) is 9.59 Å². The van der Waals surface area contributed by atoms with Crippen molar-refractivity contribution in [2.24, 2.45) is 5.92 Å². The van der Waals surface area contributed by atoms with Crippen LogP contribution in [0, 0.1) is 33.6 Å². The third-order valence-corrected chi connectivity index (χ3v) is 5.75. The molecule has 4 nitrogen and oxygen atoms in total. The Morgan fingerprint density at radius 3 is 2.07 bits per heavy atom. The highest BCUT2D eigenvalue weighted by molar-refractivity contribution is 5.98. The summed E-state index contributed by atoms with van der Waals surface area (Å²) in [4.78, 5) is 26.5. The minimum atomic E-state index is 0.0494. The van der Waals surface area contributed by atoms with Gasteiger partial charge in [-0.1, -0.05) is 47.5 Å². The molecular formula is C24H31N2O2+. The van der Waals surface area contributed by atoms with Crippen molar-refractivity contribution in [3.05, 3.63) is 64.2 Å². The highest BCUT2D eigenvalue weighted by Gasteiger charge is 2.29. The van der Waals surface area contributed by atoms with Crippen molar-refractivity contribution in [3.63, 3.8) is 0 Å². The van der Waals surface area contributed by atoms with Gasteiger partial charge in [0.05, 0.1) is 13.1 Å². The van der Waals surface area contributed by atoms with Crippen molar-refractivity contribution in [1.82, 2.24) is 0 Å². The molecule has 2 aromatic rings. The van der Waals surface area contributed by atoms with Crippen LogP contribution < -0.4 is 10.2 Å². The van der Waals surface area contributed by atoms with E-state index in [2.05, 4.69) is 24.4 Å². The summed E-state index contributed by atoms with van der Waals surface area (Å²) in [5.74, 6) is 0.374. The van der Waals surface area contributed by atoms with Crippen molar-refractivity contribution in [2.75, 3.05) is 25.0 Å². The molecule has 2 N–H and O–H groups in total. The molecule has 0 aromatic heterocycles. The predicted molar refractivity (Wildman–Crippen MR) is 113 cm³/mol. The van der Waals surface area contributed by atoms with E-state index in [1.165, 1.54) is 16.0 Å². The van der Waals surface area contributed by atoms with Crippen LogP contribution >= 0.6 is 0 Å². The summed E-state index contributed by atoms with van der Waals surface area (Å²) < 4.78 is 0. The fraction of sp³-hybridized carbons (Fsp3) is 0.417. The van der Waals surface area contributed by atoms with Gasteiger partial charge >= 0.3 is 0 Å². The Labute approximate surface area is 167 Å². The summed E-state index contributed by atoms with van der Waals surface area (Å²) in [6.45, 7) is 10.3. The molecule has 0 radical (unpaired) electrons. The number of amides is 1. The Bertz CT molecular complexity index is 840. The van der Waals surface area contributed by atoms with E-state index in [1.54, 1.807) is 0 Å². The van der Waals surface area contributed by atoms with E-state index in [-0.39, 0.29) is 17.6 Å². The molecule has 1 saturated heterocycles. The number of Topliss-reactive ketones (excluding diaryl/α,β-unsaturated/α-hetero) is 1. The quantitative estimate of drug-likeness (QED) is 0.785. The Morgan fingerprint density at radius 1 is 0.929 bits per heavy atom. The molecule has 0 aliphatic carbocycles. The third kappa shape index (κ3) is 4.87. The Balaban J connectivity index is 1.52. The third-order valence-electron chi connectivity index (χ3n) is 5.75. The largest absolute Gasteiger partial charge is 0.327 e. The highest BCUT2D eigenvalue weighted by Crippen LogP contribution is 2.22. The number of carbonyl (C=O) groups is 2. The second-order valence-corrected chi connectivity index (χ2v) is 8.25. The Kier molecular flexibility index (Phi) is 6.30. The van der Waals surface area contributed by atoms with Gasteiger partial charge in [-0.25, -0.2) is 0 Å². The van der Waals surface area contributed by atoms with E-state index >= 15 is 0 Å². The van der Waals surface area contributed by atoms with E-state index in [9.17, 15) is 9.59 Å². The number of likely N-dealkylation sites (tertiary alicyclic amines) is 1. The molecule has 1 aliphatic rings. The smallest absolute Gasteiger partial charge is 0.279 e. The zero-order valence-electron chi connectivity index (χ0n) is 17.4. The van der Waals surface area contributed by atoms with Crippen LogP contribution in [0.25, 0.3) is 0 Å². The predicted octanol–water partition coefficient (Wildman–Crippen LogP) is 3.04. The maximum absolute atomic E-state index is 12.7. The number of nitrogens with one attached hydrogen (secondary N) is 2. The number of aryl methyl sites for hydroxylation is 4. The molecule has 2 aromatic carbocycles. The first-order chi connectivity index (χ1) is 13.3. The Hall–Kier alpha value is -2.46. The van der Waals surface area contributed by atoms with Crippen LogP contribution in [-0.4, -0.2) is 31.3 Å². The molecule has 3 rings (SSSR count). The van der Waals surface area contributed by atoms with E-state index in [4.69, 9.17) is 0 Å². The van der Waals surface area contributed by atoms with Gasteiger partial charge in [0.25, 0.3) is 5.91 Å². The van der Waals surface area contributed by atoms with Crippen molar-refractivity contribution in [2.45, 2.75) is 40.5 Å². The number of hydrogen-bond donors (Lipinski definition) is 2. The molecule has 1 aliphatic heterocycles. The number of rotatable bonds is 5. The van der Waals surface area contributed by atoms with Crippen LogP contribution in [0.5, 0.6) is 0 Å². The first kappa shape index (κ1) is 20.3. The summed E-state index contributed by atoms with van der Waals surface area (Å²) in [5, 5.41) is 3.09. The van der Waals surface area contributed by atoms with Gasteiger partial charge in [0.15, 0.2) is 12.3 Å². The molecule has 0 saturated carbocycles. The van der Waals surface area contributed by atoms with Gasteiger partial charge in [-0.15, -0.1) is 0 Å². The SMILES string of the molecule is Cc1ccc(C(=O)C2CC[NH+](CC(=O)Nc3c(C)cc(C)cc3C)CC2)cc1. The number of quaternary nitrogens is 1. The molecule has 0 atom stereocenters. The van der Waals surface area contributed by atoms with Crippen molar-refractivity contribution in [1.29, 1.82) is 0 Å². The number of benzene rings is 2. The van der Waals surface area contributed by atoms with Gasteiger partial charge in [0, 0.05) is 30.0 Å². The van der Waals surface area contributed by atoms with Gasteiger partial charge in [0.2, 0.25) is 0 Å². The first-order valence-electron chi connectivity index (χ1n) is 10.2. The van der Waals surface area contributed by atoms with Gasteiger partial charge in [0.1, 0.15) is 0 Å². The highest BCUT2D eigenvalue weighted by atomic mass is 16.2. The second-order valence-electron chi connectivity index (χ2n) is 8.25. The molecule has 0 spiro atoms. The molecule has 1 amide bonds. The van der Waals surface area contributed by atoms with Gasteiger partial charge in [-0.2, -0.15) is 0 Å². The van der Waals surface area contributed by atoms with E-state index in [1.807, 2.05) is 45.0 Å². The minimum absolute atomic E-state index is 0.0494. The summed E-state index contributed by atoms with van der Waals surface area (Å²) in [6, 6.07) is 12.0. The van der Waals surface area contributed by atoms with Crippen molar-refractivity contribution < 1.29 is 14.5 Å². The van der Waals surface area contributed by atoms with E-state index in [0.29, 0.717) is 6.54 Å². The molecule has 0 unspecified atom stereocenters. The fourth-order valence-electron chi connectivity index (χ4n) is 4.21. The van der Waals surface area contributed by atoms with Crippen LogP contribution in [-0.2, 0) is 4.79 Å². The number of piperidine rings is 1. The summed E-state index contributed by atoms with van der Waals surface area (Å²) >= 11 is 0. The lowest BCUT2D eigenvalue weighted by Gasteiger charge is -2.28. The van der Waals surface area contributed by atoms with Crippen LogP contribution in [0.15, 0.2) is 36.4 Å². The molecule has 1 heterocycles. The topological polar surface area (TPSA) is 50.6 Å². The van der Waals surface area contributed by atoms with Gasteiger partial charge in [-0.05, 0) is 38.8 Å².